The van der Waals surface area contributed by atoms with E-state index in [0.29, 0.717) is 10.6 Å². The Labute approximate surface area is 119 Å². The lowest BCUT2D eigenvalue weighted by Crippen LogP contribution is -2.11. The molecule has 0 aliphatic heterocycles. The fourth-order valence-electron chi connectivity index (χ4n) is 1.89. The van der Waals surface area contributed by atoms with Gasteiger partial charge in [-0.05, 0) is 33.0 Å². The van der Waals surface area contributed by atoms with E-state index in [0.717, 1.165) is 22.7 Å². The Balaban J connectivity index is 2.42. The summed E-state index contributed by atoms with van der Waals surface area (Å²) < 4.78 is 38.2. The molecular formula is C14H15F3N2S. The average molecular weight is 300 g/mol. The van der Waals surface area contributed by atoms with E-state index in [9.17, 15) is 13.2 Å². The number of hydrogen-bond donors (Lipinski definition) is 1. The zero-order chi connectivity index (χ0) is 14.9. The predicted octanol–water partition coefficient (Wildman–Crippen LogP) is 4.42. The summed E-state index contributed by atoms with van der Waals surface area (Å²) in [6, 6.07) is 5.41. The number of nitrogens with zero attached hydrogens (tertiary/aromatic N) is 1. The molecular weight excluding hydrogens is 285 g/mol. The summed E-state index contributed by atoms with van der Waals surface area (Å²) >= 11 is 1.42. The highest BCUT2D eigenvalue weighted by molar-refractivity contribution is 7.15. The molecule has 1 unspecified atom stereocenters. The first-order valence-corrected chi connectivity index (χ1v) is 6.96. The number of thiazole rings is 1. The molecule has 1 N–H and O–H groups in total. The van der Waals surface area contributed by atoms with Crippen molar-refractivity contribution >= 4 is 11.3 Å². The summed E-state index contributed by atoms with van der Waals surface area (Å²) in [5, 5.41) is 3.73. The maximum Gasteiger partial charge on any atom is 0.416 e. The van der Waals surface area contributed by atoms with Crippen molar-refractivity contribution < 1.29 is 13.2 Å². The van der Waals surface area contributed by atoms with Gasteiger partial charge >= 0.3 is 6.18 Å². The minimum atomic E-state index is -4.33. The predicted molar refractivity (Wildman–Crippen MR) is 74.8 cm³/mol. The Morgan fingerprint density at radius 3 is 2.60 bits per heavy atom. The number of alkyl halides is 3. The van der Waals surface area contributed by atoms with E-state index in [-0.39, 0.29) is 6.04 Å². The van der Waals surface area contributed by atoms with Gasteiger partial charge in [0.15, 0.2) is 0 Å². The van der Waals surface area contributed by atoms with Gasteiger partial charge in [0.25, 0.3) is 0 Å². The molecule has 20 heavy (non-hydrogen) atoms. The van der Waals surface area contributed by atoms with Crippen molar-refractivity contribution in [1.82, 2.24) is 10.3 Å². The van der Waals surface area contributed by atoms with Crippen molar-refractivity contribution in [2.75, 3.05) is 7.05 Å². The molecule has 108 valence electrons. The van der Waals surface area contributed by atoms with Crippen LogP contribution in [0.1, 0.15) is 29.1 Å². The second-order valence-corrected chi connectivity index (χ2v) is 5.59. The lowest BCUT2D eigenvalue weighted by Gasteiger charge is -2.07. The van der Waals surface area contributed by atoms with Crippen molar-refractivity contribution in [3.63, 3.8) is 0 Å². The highest BCUT2D eigenvalue weighted by Gasteiger charge is 2.30. The van der Waals surface area contributed by atoms with Gasteiger partial charge in [-0.2, -0.15) is 13.2 Å². The Morgan fingerprint density at radius 2 is 2.00 bits per heavy atom. The summed E-state index contributed by atoms with van der Waals surface area (Å²) in [6.07, 6.45) is -4.33. The molecule has 1 heterocycles. The fourth-order valence-corrected chi connectivity index (χ4v) is 3.02. The first-order chi connectivity index (χ1) is 9.32. The zero-order valence-electron chi connectivity index (χ0n) is 11.4. The second-order valence-electron chi connectivity index (χ2n) is 4.56. The lowest BCUT2D eigenvalue weighted by atomic mass is 10.1. The van der Waals surface area contributed by atoms with E-state index in [1.807, 2.05) is 20.9 Å². The molecule has 0 bridgehead atoms. The molecule has 1 aromatic carbocycles. The first kappa shape index (κ1) is 15.0. The minimum Gasteiger partial charge on any atom is -0.312 e. The van der Waals surface area contributed by atoms with Crippen LogP contribution >= 0.6 is 11.3 Å². The van der Waals surface area contributed by atoms with E-state index in [4.69, 9.17) is 0 Å². The van der Waals surface area contributed by atoms with Gasteiger partial charge in [0.1, 0.15) is 5.01 Å². The molecule has 0 spiro atoms. The fraction of sp³-hybridized carbons (Fsp3) is 0.357. The average Bonchev–Trinajstić information content (AvgIpc) is 2.79. The summed E-state index contributed by atoms with van der Waals surface area (Å²) in [5.41, 5.74) is 0.706. The second kappa shape index (κ2) is 5.54. The van der Waals surface area contributed by atoms with E-state index < -0.39 is 11.7 Å². The number of rotatable bonds is 3. The summed E-state index contributed by atoms with van der Waals surface area (Å²) in [7, 11) is 1.84. The van der Waals surface area contributed by atoms with Crippen molar-refractivity contribution in [3.05, 3.63) is 40.4 Å². The lowest BCUT2D eigenvalue weighted by molar-refractivity contribution is -0.137. The Morgan fingerprint density at radius 1 is 1.30 bits per heavy atom. The molecule has 0 amide bonds. The highest BCUT2D eigenvalue weighted by Crippen LogP contribution is 2.35. The van der Waals surface area contributed by atoms with Crippen LogP contribution in [0.2, 0.25) is 0 Å². The normalized spacial score (nSPS) is 13.5. The number of benzene rings is 1. The Hall–Kier alpha value is -1.40. The number of hydrogen-bond acceptors (Lipinski definition) is 3. The smallest absolute Gasteiger partial charge is 0.312 e. The van der Waals surface area contributed by atoms with Crippen LogP contribution in [0.5, 0.6) is 0 Å². The van der Waals surface area contributed by atoms with Crippen molar-refractivity contribution in [2.45, 2.75) is 26.1 Å². The topological polar surface area (TPSA) is 24.9 Å². The molecule has 0 radical (unpaired) electrons. The van der Waals surface area contributed by atoms with Gasteiger partial charge in [-0.1, -0.05) is 12.1 Å². The Kier molecular flexibility index (Phi) is 4.15. The minimum absolute atomic E-state index is 0.132. The van der Waals surface area contributed by atoms with E-state index in [1.165, 1.54) is 17.4 Å². The molecule has 0 fully saturated rings. The molecule has 0 aliphatic rings. The van der Waals surface area contributed by atoms with Crippen molar-refractivity contribution in [3.8, 4) is 10.6 Å². The number of aryl methyl sites for hydroxylation is 1. The van der Waals surface area contributed by atoms with Crippen LogP contribution in [0, 0.1) is 6.92 Å². The molecule has 0 saturated carbocycles. The zero-order valence-corrected chi connectivity index (χ0v) is 12.2. The molecule has 2 nitrogen and oxygen atoms in total. The quantitative estimate of drug-likeness (QED) is 0.907. The summed E-state index contributed by atoms with van der Waals surface area (Å²) in [6.45, 7) is 3.87. The molecule has 2 rings (SSSR count). The van der Waals surface area contributed by atoms with Crippen LogP contribution in [0.15, 0.2) is 24.3 Å². The standard InChI is InChI=1S/C14H15F3N2S/c1-8(18-3)12-9(2)19-13(20-12)10-5-4-6-11(7-10)14(15,16)17/h4-8,18H,1-3H3. The van der Waals surface area contributed by atoms with Gasteiger partial charge in [-0.3, -0.25) is 0 Å². The summed E-state index contributed by atoms with van der Waals surface area (Å²) in [4.78, 5) is 5.43. The number of nitrogens with one attached hydrogen (secondary N) is 1. The number of aromatic nitrogens is 1. The molecule has 0 aliphatic carbocycles. The SMILES string of the molecule is CNC(C)c1sc(-c2cccc(C(F)(F)F)c2)nc1C. The van der Waals surface area contributed by atoms with Crippen LogP contribution in [-0.2, 0) is 6.18 Å². The van der Waals surface area contributed by atoms with Crippen LogP contribution in [-0.4, -0.2) is 12.0 Å². The molecule has 2 aromatic rings. The van der Waals surface area contributed by atoms with Gasteiger partial charge in [-0.15, -0.1) is 11.3 Å². The number of halogens is 3. The molecule has 0 saturated heterocycles. The van der Waals surface area contributed by atoms with Crippen molar-refractivity contribution in [2.24, 2.45) is 0 Å². The summed E-state index contributed by atoms with van der Waals surface area (Å²) in [5.74, 6) is 0. The van der Waals surface area contributed by atoms with Crippen LogP contribution in [0.25, 0.3) is 10.6 Å². The third-order valence-corrected chi connectivity index (χ3v) is 4.48. The Bertz CT molecular complexity index is 605. The van der Waals surface area contributed by atoms with Crippen LogP contribution in [0.4, 0.5) is 13.2 Å². The first-order valence-electron chi connectivity index (χ1n) is 6.15. The van der Waals surface area contributed by atoms with Gasteiger partial charge in [0.05, 0.1) is 11.3 Å². The van der Waals surface area contributed by atoms with Crippen molar-refractivity contribution in [1.29, 1.82) is 0 Å². The highest BCUT2D eigenvalue weighted by atomic mass is 32.1. The van der Waals surface area contributed by atoms with Gasteiger partial charge < -0.3 is 5.32 Å². The van der Waals surface area contributed by atoms with Gasteiger partial charge in [0.2, 0.25) is 0 Å². The molecule has 1 atom stereocenters. The van der Waals surface area contributed by atoms with Gasteiger partial charge in [0, 0.05) is 16.5 Å². The maximum atomic E-state index is 12.7. The third-order valence-electron chi connectivity index (χ3n) is 3.10. The van der Waals surface area contributed by atoms with E-state index >= 15 is 0 Å². The van der Waals surface area contributed by atoms with Gasteiger partial charge in [-0.25, -0.2) is 4.98 Å². The monoisotopic (exact) mass is 300 g/mol. The van der Waals surface area contributed by atoms with E-state index in [1.54, 1.807) is 6.07 Å². The molecule has 1 aromatic heterocycles. The third kappa shape index (κ3) is 3.02. The van der Waals surface area contributed by atoms with Crippen LogP contribution in [0.3, 0.4) is 0 Å². The van der Waals surface area contributed by atoms with Crippen LogP contribution < -0.4 is 5.32 Å². The maximum absolute atomic E-state index is 12.7. The largest absolute Gasteiger partial charge is 0.416 e. The molecule has 6 heteroatoms. The van der Waals surface area contributed by atoms with E-state index in [2.05, 4.69) is 10.3 Å².